The Hall–Kier alpha value is -2.82. The molecule has 0 heterocycles. The van der Waals surface area contributed by atoms with E-state index in [-0.39, 0.29) is 18.4 Å². The SMILES string of the molecule is CC(C)/C=N\NC(=O)COc1ccc(Oc2ccccc2)cc1. The Labute approximate surface area is 135 Å². The number of carbonyl (C=O) groups is 1. The third kappa shape index (κ3) is 6.22. The average molecular weight is 312 g/mol. The summed E-state index contributed by atoms with van der Waals surface area (Å²) in [6.45, 7) is 3.87. The molecule has 0 saturated carbocycles. The van der Waals surface area contributed by atoms with Gasteiger partial charge in [0.05, 0.1) is 0 Å². The fourth-order valence-electron chi connectivity index (χ4n) is 1.67. The Kier molecular flexibility index (Phi) is 6.17. The van der Waals surface area contributed by atoms with Crippen molar-refractivity contribution >= 4 is 12.1 Å². The first-order valence-electron chi connectivity index (χ1n) is 7.41. The second-order valence-electron chi connectivity index (χ2n) is 5.23. The van der Waals surface area contributed by atoms with E-state index in [1.165, 1.54) is 0 Å². The summed E-state index contributed by atoms with van der Waals surface area (Å²) >= 11 is 0. The molecule has 120 valence electrons. The molecule has 1 amide bonds. The Morgan fingerprint density at radius 1 is 1.04 bits per heavy atom. The second kappa shape index (κ2) is 8.58. The summed E-state index contributed by atoms with van der Waals surface area (Å²) in [5.41, 5.74) is 2.41. The number of hydrazone groups is 1. The summed E-state index contributed by atoms with van der Waals surface area (Å²) in [6.07, 6.45) is 1.66. The van der Waals surface area contributed by atoms with Crippen molar-refractivity contribution in [3.05, 3.63) is 54.6 Å². The molecule has 2 aromatic rings. The van der Waals surface area contributed by atoms with Crippen molar-refractivity contribution in [3.8, 4) is 17.2 Å². The first-order valence-corrected chi connectivity index (χ1v) is 7.41. The van der Waals surface area contributed by atoms with Crippen molar-refractivity contribution < 1.29 is 14.3 Å². The summed E-state index contributed by atoms with van der Waals surface area (Å²) in [5.74, 6) is 2.05. The lowest BCUT2D eigenvalue weighted by molar-refractivity contribution is -0.123. The highest BCUT2D eigenvalue weighted by Gasteiger charge is 2.02. The predicted molar refractivity (Wildman–Crippen MR) is 89.9 cm³/mol. The molecule has 0 atom stereocenters. The van der Waals surface area contributed by atoms with E-state index in [0.29, 0.717) is 11.5 Å². The number of benzene rings is 2. The molecule has 0 spiro atoms. The van der Waals surface area contributed by atoms with E-state index in [0.717, 1.165) is 5.75 Å². The lowest BCUT2D eigenvalue weighted by Gasteiger charge is -2.08. The monoisotopic (exact) mass is 312 g/mol. The summed E-state index contributed by atoms with van der Waals surface area (Å²) < 4.78 is 11.1. The van der Waals surface area contributed by atoms with Gasteiger partial charge in [-0.25, -0.2) is 5.43 Å². The zero-order valence-electron chi connectivity index (χ0n) is 13.2. The van der Waals surface area contributed by atoms with E-state index in [1.54, 1.807) is 30.5 Å². The minimum absolute atomic E-state index is 0.0890. The maximum absolute atomic E-state index is 11.5. The molecule has 0 aliphatic heterocycles. The zero-order valence-corrected chi connectivity index (χ0v) is 13.2. The number of hydrogen-bond acceptors (Lipinski definition) is 4. The fourth-order valence-corrected chi connectivity index (χ4v) is 1.67. The van der Waals surface area contributed by atoms with Gasteiger partial charge in [0.2, 0.25) is 0 Å². The Balaban J connectivity index is 1.80. The molecule has 0 fully saturated rings. The van der Waals surface area contributed by atoms with Gasteiger partial charge in [0.15, 0.2) is 6.61 Å². The van der Waals surface area contributed by atoms with Crippen molar-refractivity contribution in [2.24, 2.45) is 11.0 Å². The van der Waals surface area contributed by atoms with Crippen molar-refractivity contribution in [2.75, 3.05) is 6.61 Å². The van der Waals surface area contributed by atoms with E-state index >= 15 is 0 Å². The lowest BCUT2D eigenvalue weighted by atomic mass is 10.3. The number of ether oxygens (including phenoxy) is 2. The number of hydrogen-bond donors (Lipinski definition) is 1. The lowest BCUT2D eigenvalue weighted by Crippen LogP contribution is -2.24. The van der Waals surface area contributed by atoms with Crippen LogP contribution in [0.3, 0.4) is 0 Å². The highest BCUT2D eigenvalue weighted by molar-refractivity contribution is 5.78. The predicted octanol–water partition coefficient (Wildman–Crippen LogP) is 3.62. The van der Waals surface area contributed by atoms with Gasteiger partial charge in [-0.05, 0) is 42.3 Å². The first kappa shape index (κ1) is 16.5. The van der Waals surface area contributed by atoms with Crippen molar-refractivity contribution in [1.82, 2.24) is 5.43 Å². The molecule has 0 bridgehead atoms. The Morgan fingerprint density at radius 3 is 2.30 bits per heavy atom. The molecule has 5 nitrogen and oxygen atoms in total. The van der Waals surface area contributed by atoms with Crippen LogP contribution in [0, 0.1) is 5.92 Å². The summed E-state index contributed by atoms with van der Waals surface area (Å²) in [6, 6.07) is 16.6. The van der Waals surface area contributed by atoms with Gasteiger partial charge in [0.1, 0.15) is 17.2 Å². The molecule has 0 aliphatic carbocycles. The number of nitrogens with zero attached hydrogens (tertiary/aromatic N) is 1. The first-order chi connectivity index (χ1) is 11.1. The molecule has 0 aromatic heterocycles. The molecule has 2 aromatic carbocycles. The smallest absolute Gasteiger partial charge is 0.277 e. The van der Waals surface area contributed by atoms with E-state index in [4.69, 9.17) is 9.47 Å². The number of rotatable bonds is 7. The Bertz CT molecular complexity index is 637. The summed E-state index contributed by atoms with van der Waals surface area (Å²) in [7, 11) is 0. The van der Waals surface area contributed by atoms with Crippen LogP contribution in [-0.4, -0.2) is 18.7 Å². The third-order valence-electron chi connectivity index (χ3n) is 2.73. The molecule has 0 aliphatic rings. The van der Waals surface area contributed by atoms with Crippen LogP contribution < -0.4 is 14.9 Å². The van der Waals surface area contributed by atoms with Gasteiger partial charge in [-0.2, -0.15) is 5.10 Å². The Morgan fingerprint density at radius 2 is 1.65 bits per heavy atom. The quantitative estimate of drug-likeness (QED) is 0.627. The van der Waals surface area contributed by atoms with Gasteiger partial charge in [-0.15, -0.1) is 0 Å². The largest absolute Gasteiger partial charge is 0.484 e. The highest BCUT2D eigenvalue weighted by Crippen LogP contribution is 2.23. The normalized spacial score (nSPS) is 10.7. The molecule has 0 unspecified atom stereocenters. The molecule has 0 radical (unpaired) electrons. The van der Waals surface area contributed by atoms with Crippen LogP contribution in [0.4, 0.5) is 0 Å². The standard InChI is InChI=1S/C18H20N2O3/c1-14(2)12-19-20-18(21)13-22-15-8-10-17(11-9-15)23-16-6-4-3-5-7-16/h3-12,14H,13H2,1-2H3,(H,20,21)/b19-12-. The van der Waals surface area contributed by atoms with Crippen molar-refractivity contribution in [1.29, 1.82) is 0 Å². The molecular weight excluding hydrogens is 292 g/mol. The maximum Gasteiger partial charge on any atom is 0.277 e. The van der Waals surface area contributed by atoms with Gasteiger partial charge in [0, 0.05) is 6.21 Å². The molecule has 0 saturated heterocycles. The maximum atomic E-state index is 11.5. The number of amides is 1. The van der Waals surface area contributed by atoms with Gasteiger partial charge in [-0.3, -0.25) is 4.79 Å². The van der Waals surface area contributed by atoms with Crippen LogP contribution in [0.2, 0.25) is 0 Å². The van der Waals surface area contributed by atoms with E-state index in [2.05, 4.69) is 10.5 Å². The van der Waals surface area contributed by atoms with Gasteiger partial charge < -0.3 is 9.47 Å². The van der Waals surface area contributed by atoms with E-state index in [9.17, 15) is 4.79 Å². The number of nitrogens with one attached hydrogen (secondary N) is 1. The molecule has 23 heavy (non-hydrogen) atoms. The average Bonchev–Trinajstić information content (AvgIpc) is 2.55. The van der Waals surface area contributed by atoms with Crippen LogP contribution in [-0.2, 0) is 4.79 Å². The van der Waals surface area contributed by atoms with Crippen molar-refractivity contribution in [2.45, 2.75) is 13.8 Å². The molecule has 5 heteroatoms. The van der Waals surface area contributed by atoms with Crippen LogP contribution in [0.25, 0.3) is 0 Å². The van der Waals surface area contributed by atoms with Gasteiger partial charge >= 0.3 is 0 Å². The molecular formula is C18H20N2O3. The highest BCUT2D eigenvalue weighted by atomic mass is 16.5. The fraction of sp³-hybridized carbons (Fsp3) is 0.222. The van der Waals surface area contributed by atoms with Crippen molar-refractivity contribution in [3.63, 3.8) is 0 Å². The molecule has 1 N–H and O–H groups in total. The molecule has 2 rings (SSSR count). The van der Waals surface area contributed by atoms with Crippen LogP contribution >= 0.6 is 0 Å². The van der Waals surface area contributed by atoms with Gasteiger partial charge in [0.25, 0.3) is 5.91 Å². The minimum Gasteiger partial charge on any atom is -0.484 e. The van der Waals surface area contributed by atoms with E-state index < -0.39 is 0 Å². The topological polar surface area (TPSA) is 59.9 Å². The number of carbonyl (C=O) groups excluding carboxylic acids is 1. The van der Waals surface area contributed by atoms with Crippen LogP contribution in [0.15, 0.2) is 59.7 Å². The van der Waals surface area contributed by atoms with Gasteiger partial charge in [-0.1, -0.05) is 32.0 Å². The van der Waals surface area contributed by atoms with E-state index in [1.807, 2.05) is 44.2 Å². The van der Waals surface area contributed by atoms with Crippen LogP contribution in [0.5, 0.6) is 17.2 Å². The second-order valence-corrected chi connectivity index (χ2v) is 5.23. The van der Waals surface area contributed by atoms with Crippen LogP contribution in [0.1, 0.15) is 13.8 Å². The summed E-state index contributed by atoms with van der Waals surface area (Å²) in [5, 5.41) is 3.82. The minimum atomic E-state index is -0.300. The summed E-state index contributed by atoms with van der Waals surface area (Å²) in [4.78, 5) is 11.5. The third-order valence-corrected chi connectivity index (χ3v) is 2.73. The number of para-hydroxylation sites is 1. The zero-order chi connectivity index (χ0) is 16.5.